The van der Waals surface area contributed by atoms with Gasteiger partial charge in [-0.05, 0) is 51.5 Å². The first-order chi connectivity index (χ1) is 14.3. The molecule has 0 radical (unpaired) electrons. The van der Waals surface area contributed by atoms with Crippen molar-refractivity contribution in [2.24, 2.45) is 17.8 Å². The lowest BCUT2D eigenvalue weighted by Gasteiger charge is -2.27. The normalized spacial score (nSPS) is 14.8. The van der Waals surface area contributed by atoms with Crippen LogP contribution in [0.5, 0.6) is 0 Å². The minimum absolute atomic E-state index is 0.0937. The number of benzene rings is 1. The zero-order valence-electron chi connectivity index (χ0n) is 20.2. The summed E-state index contributed by atoms with van der Waals surface area (Å²) in [6, 6.07) is 8.79. The van der Waals surface area contributed by atoms with Crippen molar-refractivity contribution in [2.75, 3.05) is 0 Å². The van der Waals surface area contributed by atoms with E-state index in [0.717, 1.165) is 5.56 Å². The molecule has 0 aliphatic carbocycles. The Morgan fingerprint density at radius 2 is 1.55 bits per heavy atom. The lowest BCUT2D eigenvalue weighted by Crippen LogP contribution is -2.49. The van der Waals surface area contributed by atoms with Crippen LogP contribution in [-0.4, -0.2) is 35.4 Å². The highest BCUT2D eigenvalue weighted by Crippen LogP contribution is 2.18. The van der Waals surface area contributed by atoms with Gasteiger partial charge in [0.1, 0.15) is 17.7 Å². The van der Waals surface area contributed by atoms with Crippen molar-refractivity contribution in [2.45, 2.75) is 86.2 Å². The zero-order valence-corrected chi connectivity index (χ0v) is 20.2. The molecule has 0 saturated carbocycles. The van der Waals surface area contributed by atoms with Gasteiger partial charge in [0.25, 0.3) is 0 Å². The zero-order chi connectivity index (χ0) is 23.8. The molecule has 0 saturated heterocycles. The molecule has 174 valence electrons. The Morgan fingerprint density at radius 3 is 2.03 bits per heavy atom. The monoisotopic (exact) mass is 433 g/mol. The number of carbonyl (C=O) groups excluding carboxylic acids is 3. The predicted octanol–water partition coefficient (Wildman–Crippen LogP) is 4.31. The van der Waals surface area contributed by atoms with Gasteiger partial charge in [-0.2, -0.15) is 0 Å². The van der Waals surface area contributed by atoms with E-state index in [1.807, 2.05) is 58.0 Å². The van der Waals surface area contributed by atoms with Gasteiger partial charge in [-0.1, -0.05) is 58.0 Å². The van der Waals surface area contributed by atoms with E-state index in [4.69, 9.17) is 9.47 Å². The van der Waals surface area contributed by atoms with Gasteiger partial charge in [-0.3, -0.25) is 9.59 Å². The van der Waals surface area contributed by atoms with E-state index in [2.05, 4.69) is 5.32 Å². The van der Waals surface area contributed by atoms with Crippen molar-refractivity contribution >= 4 is 17.7 Å². The molecule has 3 atom stereocenters. The van der Waals surface area contributed by atoms with Gasteiger partial charge in [0.2, 0.25) is 5.91 Å². The first-order valence-electron chi connectivity index (χ1n) is 11.0. The van der Waals surface area contributed by atoms with Crippen LogP contribution in [0.4, 0.5) is 0 Å². The maximum Gasteiger partial charge on any atom is 0.329 e. The van der Waals surface area contributed by atoms with Gasteiger partial charge in [-0.25, -0.2) is 4.79 Å². The van der Waals surface area contributed by atoms with Crippen LogP contribution in [0.1, 0.15) is 67.4 Å². The second-order valence-corrected chi connectivity index (χ2v) is 9.81. The van der Waals surface area contributed by atoms with E-state index in [1.165, 1.54) is 0 Å². The number of ketones is 1. The largest absolute Gasteiger partial charge is 0.458 e. The number of carbonyl (C=O) groups is 3. The number of nitrogens with one attached hydrogen (secondary N) is 1. The molecule has 0 spiro atoms. The van der Waals surface area contributed by atoms with Crippen molar-refractivity contribution in [3.63, 3.8) is 0 Å². The topological polar surface area (TPSA) is 81.7 Å². The Hall–Kier alpha value is -2.21. The summed E-state index contributed by atoms with van der Waals surface area (Å²) in [5.41, 5.74) is 0.298. The molecule has 1 aromatic carbocycles. The van der Waals surface area contributed by atoms with E-state index < -0.39 is 35.5 Å². The Balaban J connectivity index is 2.85. The van der Waals surface area contributed by atoms with Crippen LogP contribution in [0.2, 0.25) is 0 Å². The summed E-state index contributed by atoms with van der Waals surface area (Å²) < 4.78 is 11.3. The lowest BCUT2D eigenvalue weighted by molar-refractivity contribution is -0.160. The second-order valence-electron chi connectivity index (χ2n) is 9.81. The van der Waals surface area contributed by atoms with Gasteiger partial charge >= 0.3 is 5.97 Å². The molecular weight excluding hydrogens is 394 g/mol. The molecule has 0 heterocycles. The van der Waals surface area contributed by atoms with Gasteiger partial charge in [0.05, 0.1) is 12.5 Å². The van der Waals surface area contributed by atoms with Crippen LogP contribution < -0.4 is 5.32 Å². The summed E-state index contributed by atoms with van der Waals surface area (Å²) in [5, 5.41) is 2.73. The molecule has 31 heavy (non-hydrogen) atoms. The fourth-order valence-electron chi connectivity index (χ4n) is 3.09. The van der Waals surface area contributed by atoms with Crippen molar-refractivity contribution in [1.29, 1.82) is 0 Å². The van der Waals surface area contributed by atoms with Crippen LogP contribution >= 0.6 is 0 Å². The maximum atomic E-state index is 13.0. The SMILES string of the molecule is CC(C)C[C@H](NC(=O)C(C)C(=O)[C@@H](OCc1ccccc1)C(C)C)C(=O)OC(C)(C)C. The first kappa shape index (κ1) is 26.8. The smallest absolute Gasteiger partial charge is 0.329 e. The molecule has 6 nitrogen and oxygen atoms in total. The van der Waals surface area contributed by atoms with Gasteiger partial charge < -0.3 is 14.8 Å². The molecule has 1 N–H and O–H groups in total. The number of rotatable bonds is 11. The molecule has 0 aromatic heterocycles. The molecule has 0 fully saturated rings. The molecule has 1 rings (SSSR count). The summed E-state index contributed by atoms with van der Waals surface area (Å²) in [4.78, 5) is 38.5. The van der Waals surface area contributed by atoms with Crippen LogP contribution in [0.3, 0.4) is 0 Å². The highest BCUT2D eigenvalue weighted by Gasteiger charge is 2.34. The van der Waals surface area contributed by atoms with E-state index in [-0.39, 0.29) is 24.2 Å². The standard InChI is InChI=1S/C25H39NO5/c1-16(2)14-20(24(29)31-25(6,7)8)26-23(28)18(5)21(27)22(17(3)4)30-15-19-12-10-9-11-13-19/h9-13,16-18,20,22H,14-15H2,1-8H3,(H,26,28)/t18?,20-,22-/m0/s1. The molecule has 0 aliphatic rings. The number of hydrogen-bond acceptors (Lipinski definition) is 5. The Kier molecular flexibility index (Phi) is 10.4. The summed E-state index contributed by atoms with van der Waals surface area (Å²) in [6.07, 6.45) is -0.286. The van der Waals surface area contributed by atoms with E-state index in [1.54, 1.807) is 27.7 Å². The molecule has 0 aliphatic heterocycles. The third-order valence-electron chi connectivity index (χ3n) is 4.69. The number of ether oxygens (including phenoxy) is 2. The highest BCUT2D eigenvalue weighted by molar-refractivity contribution is 6.04. The number of Topliss-reactive ketones (excluding diaryl/α,β-unsaturated/α-hetero) is 1. The molecule has 1 amide bonds. The average Bonchev–Trinajstić information content (AvgIpc) is 2.65. The quantitative estimate of drug-likeness (QED) is 0.415. The number of esters is 1. The van der Waals surface area contributed by atoms with Crippen molar-refractivity contribution in [1.82, 2.24) is 5.32 Å². The van der Waals surface area contributed by atoms with Gasteiger partial charge in [0.15, 0.2) is 5.78 Å². The van der Waals surface area contributed by atoms with Crippen LogP contribution in [-0.2, 0) is 30.5 Å². The predicted molar refractivity (Wildman–Crippen MR) is 121 cm³/mol. The van der Waals surface area contributed by atoms with Crippen molar-refractivity contribution in [3.8, 4) is 0 Å². The third kappa shape index (κ3) is 9.64. The molecule has 6 heteroatoms. The molecule has 0 bridgehead atoms. The summed E-state index contributed by atoms with van der Waals surface area (Å²) in [6.45, 7) is 14.9. The average molecular weight is 434 g/mol. The van der Waals surface area contributed by atoms with E-state index >= 15 is 0 Å². The molecule has 1 aromatic rings. The fraction of sp³-hybridized carbons (Fsp3) is 0.640. The van der Waals surface area contributed by atoms with E-state index in [9.17, 15) is 14.4 Å². The fourth-order valence-corrected chi connectivity index (χ4v) is 3.09. The van der Waals surface area contributed by atoms with Gasteiger partial charge in [-0.15, -0.1) is 0 Å². The minimum atomic E-state index is -0.944. The third-order valence-corrected chi connectivity index (χ3v) is 4.69. The minimum Gasteiger partial charge on any atom is -0.458 e. The Labute approximate surface area is 187 Å². The number of amides is 1. The first-order valence-corrected chi connectivity index (χ1v) is 11.0. The lowest BCUT2D eigenvalue weighted by atomic mass is 9.93. The van der Waals surface area contributed by atoms with E-state index in [0.29, 0.717) is 6.42 Å². The summed E-state index contributed by atoms with van der Waals surface area (Å²) in [5.74, 6) is -2.15. The van der Waals surface area contributed by atoms with Crippen molar-refractivity contribution in [3.05, 3.63) is 35.9 Å². The molecular formula is C25H39NO5. The van der Waals surface area contributed by atoms with Gasteiger partial charge in [0, 0.05) is 0 Å². The van der Waals surface area contributed by atoms with Crippen LogP contribution in [0.25, 0.3) is 0 Å². The maximum absolute atomic E-state index is 13.0. The Morgan fingerprint density at radius 1 is 0.968 bits per heavy atom. The second kappa shape index (κ2) is 12.0. The van der Waals surface area contributed by atoms with Crippen LogP contribution in [0.15, 0.2) is 30.3 Å². The molecule has 1 unspecified atom stereocenters. The van der Waals surface area contributed by atoms with Crippen molar-refractivity contribution < 1.29 is 23.9 Å². The van der Waals surface area contributed by atoms with Crippen LogP contribution in [0, 0.1) is 17.8 Å². The number of hydrogen-bond donors (Lipinski definition) is 1. The summed E-state index contributed by atoms with van der Waals surface area (Å²) in [7, 11) is 0. The Bertz CT molecular complexity index is 721. The summed E-state index contributed by atoms with van der Waals surface area (Å²) >= 11 is 0. The highest BCUT2D eigenvalue weighted by atomic mass is 16.6.